The number of hydrogen-bond acceptors (Lipinski definition) is 5. The van der Waals surface area contributed by atoms with Crippen LogP contribution in [0.2, 0.25) is 5.02 Å². The van der Waals surface area contributed by atoms with Crippen LogP contribution in [0.5, 0.6) is 0 Å². The van der Waals surface area contributed by atoms with E-state index in [0.29, 0.717) is 42.4 Å². The van der Waals surface area contributed by atoms with Crippen LogP contribution < -0.4 is 16.0 Å². The third kappa shape index (κ3) is 6.13. The Balaban J connectivity index is 1.38. The Labute approximate surface area is 231 Å². The predicted molar refractivity (Wildman–Crippen MR) is 141 cm³/mol. The SMILES string of the molecule is N#C[C@H](C[C@H]1CCCNC1=O)NC(=O)[C@H]1[C@@H]2CC[C@@H](CC2(F)F)N1C(=O)[C@@H](CC1CC1)Nc1cccc(Cl)c1. The van der Waals surface area contributed by atoms with Crippen molar-refractivity contribution >= 4 is 35.0 Å². The van der Waals surface area contributed by atoms with Crippen molar-refractivity contribution in [3.63, 3.8) is 0 Å². The third-order valence-corrected chi connectivity index (χ3v) is 8.82. The van der Waals surface area contributed by atoms with Gasteiger partial charge in [0.25, 0.3) is 5.92 Å². The van der Waals surface area contributed by atoms with Crippen molar-refractivity contribution in [1.82, 2.24) is 15.5 Å². The molecule has 3 aliphatic heterocycles. The van der Waals surface area contributed by atoms with Crippen LogP contribution in [0.3, 0.4) is 0 Å². The van der Waals surface area contributed by atoms with E-state index in [2.05, 4.69) is 16.0 Å². The normalized spacial score (nSPS) is 29.1. The van der Waals surface area contributed by atoms with E-state index >= 15 is 8.78 Å². The fourth-order valence-corrected chi connectivity index (χ4v) is 6.63. The highest BCUT2D eigenvalue weighted by Crippen LogP contribution is 2.49. The lowest BCUT2D eigenvalue weighted by Crippen LogP contribution is -2.70. The van der Waals surface area contributed by atoms with E-state index in [9.17, 15) is 19.6 Å². The number of benzene rings is 1. The van der Waals surface area contributed by atoms with Gasteiger partial charge in [-0.3, -0.25) is 14.4 Å². The molecule has 2 bridgehead atoms. The molecule has 8 nitrogen and oxygen atoms in total. The average Bonchev–Trinajstić information content (AvgIpc) is 3.72. The molecule has 0 unspecified atom stereocenters. The first kappa shape index (κ1) is 27.6. The number of rotatable bonds is 9. The van der Waals surface area contributed by atoms with Gasteiger partial charge in [-0.25, -0.2) is 8.78 Å². The van der Waals surface area contributed by atoms with Gasteiger partial charge in [0.15, 0.2) is 0 Å². The van der Waals surface area contributed by atoms with Crippen LogP contribution in [0.15, 0.2) is 24.3 Å². The maximum Gasteiger partial charge on any atom is 0.255 e. The number of alkyl halides is 2. The lowest BCUT2D eigenvalue weighted by Gasteiger charge is -2.54. The number of nitrogens with zero attached hydrogens (tertiary/aromatic N) is 2. The fourth-order valence-electron chi connectivity index (χ4n) is 6.44. The van der Waals surface area contributed by atoms with Crippen LogP contribution in [0.1, 0.15) is 57.8 Å². The molecule has 11 heteroatoms. The molecule has 3 heterocycles. The fraction of sp³-hybridized carbons (Fsp3) is 0.643. The van der Waals surface area contributed by atoms with Gasteiger partial charge < -0.3 is 20.9 Å². The molecule has 6 rings (SSSR count). The summed E-state index contributed by atoms with van der Waals surface area (Å²) in [7, 11) is 0. The summed E-state index contributed by atoms with van der Waals surface area (Å²) in [4.78, 5) is 41.3. The quantitative estimate of drug-likeness (QED) is 0.424. The van der Waals surface area contributed by atoms with Crippen LogP contribution in [-0.4, -0.2) is 59.3 Å². The zero-order chi connectivity index (χ0) is 27.7. The first-order valence-corrected chi connectivity index (χ1v) is 14.2. The molecule has 2 aliphatic carbocycles. The second-order valence-corrected chi connectivity index (χ2v) is 11.9. The van der Waals surface area contributed by atoms with Crippen molar-refractivity contribution < 1.29 is 23.2 Å². The number of halogens is 3. The summed E-state index contributed by atoms with van der Waals surface area (Å²) in [6.07, 6.45) is 4.01. The predicted octanol–water partition coefficient (Wildman–Crippen LogP) is 3.86. The number of anilines is 1. The van der Waals surface area contributed by atoms with Crippen LogP contribution in [0, 0.1) is 29.1 Å². The second kappa shape index (κ2) is 11.3. The third-order valence-electron chi connectivity index (χ3n) is 8.58. The molecule has 3 N–H and O–H groups in total. The van der Waals surface area contributed by atoms with Gasteiger partial charge in [0.1, 0.15) is 18.1 Å². The van der Waals surface area contributed by atoms with Gasteiger partial charge in [-0.1, -0.05) is 30.5 Å². The summed E-state index contributed by atoms with van der Waals surface area (Å²) >= 11 is 6.14. The van der Waals surface area contributed by atoms with E-state index in [1.165, 1.54) is 4.90 Å². The Bertz CT molecular complexity index is 1160. The smallest absolute Gasteiger partial charge is 0.255 e. The minimum atomic E-state index is -3.10. The van der Waals surface area contributed by atoms with Gasteiger partial charge in [-0.2, -0.15) is 5.26 Å². The Morgan fingerprint density at radius 1 is 1.21 bits per heavy atom. The summed E-state index contributed by atoms with van der Waals surface area (Å²) in [6.45, 7) is 0.571. The zero-order valence-corrected chi connectivity index (χ0v) is 22.4. The van der Waals surface area contributed by atoms with Crippen molar-refractivity contribution in [2.45, 2.75) is 87.9 Å². The van der Waals surface area contributed by atoms with Gasteiger partial charge in [0, 0.05) is 35.6 Å². The van der Waals surface area contributed by atoms with Gasteiger partial charge in [-0.15, -0.1) is 0 Å². The molecule has 1 aromatic rings. The lowest BCUT2D eigenvalue weighted by atomic mass is 9.71. The summed E-state index contributed by atoms with van der Waals surface area (Å²) in [6, 6.07) is 5.10. The molecule has 2 saturated carbocycles. The van der Waals surface area contributed by atoms with E-state index in [1.54, 1.807) is 24.3 Å². The number of amides is 3. The number of nitrogens with one attached hydrogen (secondary N) is 3. The number of nitriles is 1. The van der Waals surface area contributed by atoms with Crippen LogP contribution in [0.4, 0.5) is 14.5 Å². The van der Waals surface area contributed by atoms with Gasteiger partial charge in [0.05, 0.1) is 12.0 Å². The molecular weight excluding hydrogens is 528 g/mol. The Morgan fingerprint density at radius 3 is 2.67 bits per heavy atom. The van der Waals surface area contributed by atoms with E-state index < -0.39 is 54.3 Å². The highest BCUT2D eigenvalue weighted by molar-refractivity contribution is 6.30. The molecule has 3 saturated heterocycles. The lowest BCUT2D eigenvalue weighted by molar-refractivity contribution is -0.194. The van der Waals surface area contributed by atoms with Crippen molar-refractivity contribution in [3.05, 3.63) is 29.3 Å². The maximum absolute atomic E-state index is 15.1. The topological polar surface area (TPSA) is 114 Å². The standard InChI is InChI=1S/C28H34ClF2N5O3/c29-18-4-1-5-19(13-18)34-23(11-16-6-7-16)27(39)36-21-8-9-22(28(30,31)14-21)24(36)26(38)35-20(15-32)12-17-3-2-10-33-25(17)37/h1,4-5,13,16-17,20-24,34H,2-3,6-12,14H2,(H,33,37)(H,35,38)/t17-,20+,21+,22+,23-,24-/m1/s1. The first-order chi connectivity index (χ1) is 18.7. The van der Waals surface area contributed by atoms with E-state index in [1.807, 2.05) is 6.07 Å². The Hall–Kier alpha value is -2.93. The van der Waals surface area contributed by atoms with Gasteiger partial charge in [0.2, 0.25) is 17.7 Å². The molecule has 210 valence electrons. The number of hydrogen-bond donors (Lipinski definition) is 3. The number of piperidine rings is 3. The van der Waals surface area contributed by atoms with E-state index in [-0.39, 0.29) is 24.7 Å². The monoisotopic (exact) mass is 561 g/mol. The maximum atomic E-state index is 15.1. The van der Waals surface area contributed by atoms with Crippen LogP contribution >= 0.6 is 11.6 Å². The molecule has 6 atom stereocenters. The van der Waals surface area contributed by atoms with E-state index in [4.69, 9.17) is 11.6 Å². The zero-order valence-electron chi connectivity index (χ0n) is 21.7. The molecule has 5 fully saturated rings. The molecule has 1 aromatic carbocycles. The van der Waals surface area contributed by atoms with Crippen LogP contribution in [0.25, 0.3) is 0 Å². The highest BCUT2D eigenvalue weighted by atomic mass is 35.5. The summed E-state index contributed by atoms with van der Waals surface area (Å²) < 4.78 is 30.3. The number of carbonyl (C=O) groups excluding carboxylic acids is 3. The molecule has 0 aromatic heterocycles. The average molecular weight is 562 g/mol. The molecule has 0 spiro atoms. The minimum Gasteiger partial charge on any atom is -0.374 e. The Morgan fingerprint density at radius 2 is 2.00 bits per heavy atom. The van der Waals surface area contributed by atoms with Crippen molar-refractivity contribution in [3.8, 4) is 6.07 Å². The second-order valence-electron chi connectivity index (χ2n) is 11.4. The highest BCUT2D eigenvalue weighted by Gasteiger charge is 2.61. The number of carbonyl (C=O) groups is 3. The minimum absolute atomic E-state index is 0.0971. The summed E-state index contributed by atoms with van der Waals surface area (Å²) in [5.41, 5.74) is 0.644. The first-order valence-electron chi connectivity index (χ1n) is 13.9. The summed E-state index contributed by atoms with van der Waals surface area (Å²) in [5, 5.41) is 18.9. The van der Waals surface area contributed by atoms with Crippen molar-refractivity contribution in [1.29, 1.82) is 5.26 Å². The van der Waals surface area contributed by atoms with Crippen LogP contribution in [-0.2, 0) is 14.4 Å². The van der Waals surface area contributed by atoms with Crippen molar-refractivity contribution in [2.24, 2.45) is 17.8 Å². The van der Waals surface area contributed by atoms with E-state index in [0.717, 1.165) is 19.3 Å². The number of fused-ring (bicyclic) bond motifs is 3. The molecule has 0 radical (unpaired) electrons. The molecule has 39 heavy (non-hydrogen) atoms. The molecule has 5 aliphatic rings. The molecule has 3 amide bonds. The molecular formula is C28H34ClF2N5O3. The summed E-state index contributed by atoms with van der Waals surface area (Å²) in [5.74, 6) is -5.83. The van der Waals surface area contributed by atoms with Gasteiger partial charge >= 0.3 is 0 Å². The van der Waals surface area contributed by atoms with Crippen molar-refractivity contribution in [2.75, 3.05) is 11.9 Å². The Kier molecular flexibility index (Phi) is 7.99. The van der Waals surface area contributed by atoms with Gasteiger partial charge in [-0.05, 0) is 62.6 Å². The largest absolute Gasteiger partial charge is 0.374 e.